The molecular weight excluding hydrogens is 600 g/mol. The third-order valence-electron chi connectivity index (χ3n) is 5.93. The van der Waals surface area contributed by atoms with E-state index in [0.29, 0.717) is 0 Å². The zero-order valence-electron chi connectivity index (χ0n) is 22.8. The van der Waals surface area contributed by atoms with Crippen LogP contribution < -0.4 is 0 Å². The van der Waals surface area contributed by atoms with E-state index in [2.05, 4.69) is 46.6 Å². The minimum absolute atomic E-state index is 0.744. The third-order valence-corrected chi connectivity index (χ3v) is 7.84. The first-order chi connectivity index (χ1) is 19.0. The molecule has 0 radical (unpaired) electrons. The largest absolute Gasteiger partial charge is 0.385 e. The average molecular weight is 634 g/mol. The molecule has 208 valence electrons. The van der Waals surface area contributed by atoms with Gasteiger partial charge in [0.1, 0.15) is 14.7 Å². The van der Waals surface area contributed by atoms with Crippen LogP contribution >= 0.6 is 39.5 Å². The number of ether oxygens (including phenoxy) is 2. The summed E-state index contributed by atoms with van der Waals surface area (Å²) in [5, 5.41) is 6.16. The molecule has 13 heteroatoms. The summed E-state index contributed by atoms with van der Waals surface area (Å²) in [5.41, 5.74) is 6.00. The smallest absolute Gasteiger partial charge is 0.170 e. The van der Waals surface area contributed by atoms with Gasteiger partial charge in [0.25, 0.3) is 0 Å². The van der Waals surface area contributed by atoms with Crippen molar-refractivity contribution in [2.75, 3.05) is 39.9 Å². The summed E-state index contributed by atoms with van der Waals surface area (Å²) in [5.74, 6) is 0. The number of methoxy groups -OCH3 is 2. The van der Waals surface area contributed by atoms with E-state index in [1.54, 1.807) is 48.6 Å². The molecule has 39 heavy (non-hydrogen) atoms. The van der Waals surface area contributed by atoms with Crippen molar-refractivity contribution in [3.8, 4) is 11.3 Å². The Morgan fingerprint density at radius 1 is 0.795 bits per heavy atom. The molecule has 0 aliphatic heterocycles. The molecule has 0 aliphatic rings. The first kappa shape index (κ1) is 29.5. The molecule has 5 rings (SSSR count). The third kappa shape index (κ3) is 7.20. The van der Waals surface area contributed by atoms with Gasteiger partial charge in [0.05, 0.1) is 35.7 Å². The molecule has 0 atom stereocenters. The molecule has 0 bridgehead atoms. The summed E-state index contributed by atoms with van der Waals surface area (Å²) >= 11 is 6.72. The van der Waals surface area contributed by atoms with Gasteiger partial charge in [0.15, 0.2) is 11.3 Å². The molecule has 0 saturated heterocycles. The van der Waals surface area contributed by atoms with Gasteiger partial charge in [0.2, 0.25) is 0 Å². The molecule has 0 unspecified atom stereocenters. The van der Waals surface area contributed by atoms with Crippen LogP contribution in [0, 0.1) is 0 Å². The minimum atomic E-state index is 0.744. The number of halogens is 1. The topological polar surface area (TPSA) is 96.7 Å². The second kappa shape index (κ2) is 14.3. The summed E-state index contributed by atoms with van der Waals surface area (Å²) in [7, 11) is 5.36. The maximum Gasteiger partial charge on any atom is 0.170 e. The number of thioether (sulfide) groups is 2. The highest BCUT2D eigenvalue weighted by atomic mass is 79.9. The molecule has 0 aromatic carbocycles. The van der Waals surface area contributed by atoms with E-state index in [1.807, 2.05) is 48.7 Å². The summed E-state index contributed by atoms with van der Waals surface area (Å²) in [6, 6.07) is 0. The lowest BCUT2D eigenvalue weighted by molar-refractivity contribution is 0.195. The maximum absolute atomic E-state index is 5.13. The Morgan fingerprint density at radius 2 is 1.36 bits per heavy atom. The fraction of sp³-hybridized carbons (Fsp3) is 0.423. The quantitative estimate of drug-likeness (QED) is 0.143. The number of imidazole rings is 2. The summed E-state index contributed by atoms with van der Waals surface area (Å²) in [6.45, 7) is 1.51. The second-order valence-corrected chi connectivity index (χ2v) is 11.1. The lowest BCUT2D eigenvalue weighted by Crippen LogP contribution is -2.01. The van der Waals surface area contributed by atoms with Crippen LogP contribution in [0.25, 0.3) is 22.6 Å². The predicted octanol–water partition coefficient (Wildman–Crippen LogP) is 5.22. The number of fused-ring (bicyclic) bond motifs is 2. The Kier molecular flexibility index (Phi) is 10.8. The molecule has 5 aromatic rings. The molecule has 10 nitrogen and oxygen atoms in total. The van der Waals surface area contributed by atoms with Crippen LogP contribution in [0.2, 0.25) is 0 Å². The molecule has 0 N–H and O–H groups in total. The highest BCUT2D eigenvalue weighted by molar-refractivity contribution is 9.10. The number of hydrogen-bond acceptors (Lipinski definition) is 9. The molecule has 0 amide bonds. The van der Waals surface area contributed by atoms with Crippen molar-refractivity contribution in [1.82, 2.24) is 38.5 Å². The Hall–Kier alpha value is -2.45. The Morgan fingerprint density at radius 3 is 1.90 bits per heavy atom. The van der Waals surface area contributed by atoms with Gasteiger partial charge in [-0.3, -0.25) is 13.5 Å². The van der Waals surface area contributed by atoms with Gasteiger partial charge >= 0.3 is 0 Å². The van der Waals surface area contributed by atoms with Crippen molar-refractivity contribution >= 4 is 50.7 Å². The molecule has 0 fully saturated rings. The van der Waals surface area contributed by atoms with Crippen LogP contribution in [-0.2, 0) is 29.4 Å². The fourth-order valence-electron chi connectivity index (χ4n) is 4.06. The average Bonchev–Trinajstić information content (AvgIpc) is 3.67. The van der Waals surface area contributed by atoms with Crippen molar-refractivity contribution in [3.05, 3.63) is 53.2 Å². The second-order valence-electron chi connectivity index (χ2n) is 8.69. The minimum Gasteiger partial charge on any atom is -0.385 e. The van der Waals surface area contributed by atoms with E-state index < -0.39 is 0 Å². The Balaban J connectivity index is 0.000000187. The van der Waals surface area contributed by atoms with Gasteiger partial charge in [0, 0.05) is 58.6 Å². The van der Waals surface area contributed by atoms with Gasteiger partial charge in [-0.25, -0.2) is 19.9 Å². The summed E-state index contributed by atoms with van der Waals surface area (Å²) < 4.78 is 17.1. The van der Waals surface area contributed by atoms with Crippen LogP contribution in [0.4, 0.5) is 0 Å². The number of hydrogen-bond donors (Lipinski definition) is 0. The molecule has 0 aliphatic carbocycles. The first-order valence-corrected chi connectivity index (χ1v) is 15.7. The van der Waals surface area contributed by atoms with Crippen LogP contribution in [0.5, 0.6) is 0 Å². The van der Waals surface area contributed by atoms with Gasteiger partial charge in [-0.15, -0.1) is 23.5 Å². The molecule has 0 spiro atoms. The Labute approximate surface area is 245 Å². The lowest BCUT2D eigenvalue weighted by atomic mass is 10.2. The first-order valence-electron chi connectivity index (χ1n) is 12.4. The highest BCUT2D eigenvalue weighted by Crippen LogP contribution is 2.26. The van der Waals surface area contributed by atoms with Crippen molar-refractivity contribution in [1.29, 1.82) is 0 Å². The van der Waals surface area contributed by atoms with Gasteiger partial charge in [-0.1, -0.05) is 0 Å². The summed E-state index contributed by atoms with van der Waals surface area (Å²) in [6.07, 6.45) is 19.4. The van der Waals surface area contributed by atoms with Crippen LogP contribution in [-0.4, -0.2) is 78.5 Å². The molecular formula is C26H33BrN8O2S2. The molecule has 5 heterocycles. The molecule has 5 aromatic heterocycles. The van der Waals surface area contributed by atoms with E-state index in [9.17, 15) is 0 Å². The normalized spacial score (nSPS) is 11.3. The van der Waals surface area contributed by atoms with E-state index >= 15 is 0 Å². The number of aryl methyl sites for hydroxylation is 3. The highest BCUT2D eigenvalue weighted by Gasteiger charge is 2.13. The monoisotopic (exact) mass is 632 g/mol. The van der Waals surface area contributed by atoms with Crippen LogP contribution in [0.1, 0.15) is 24.2 Å². The summed E-state index contributed by atoms with van der Waals surface area (Å²) in [4.78, 5) is 18.2. The number of nitrogens with zero attached hydrogens (tertiary/aromatic N) is 8. The standard InChI is InChI=1S/C15H19N5OS.C11H14BrN3OS/c1-19-9-11(7-17-19)13-8-16-14-15(22-3)18-12(10-20(13)14)5-4-6-21-2;1-16-5-3-4-8-7-15-9(12)6-13-10(15)11(14-8)17-2/h7-10H,4-6H2,1-3H3;6-7H,3-5H2,1-2H3. The van der Waals surface area contributed by atoms with Gasteiger partial charge in [-0.05, 0) is 54.1 Å². The van der Waals surface area contributed by atoms with Crippen molar-refractivity contribution in [2.45, 2.75) is 35.7 Å². The zero-order valence-corrected chi connectivity index (χ0v) is 26.0. The molecule has 0 saturated carbocycles. The van der Waals surface area contributed by atoms with Crippen molar-refractivity contribution < 1.29 is 9.47 Å². The SMILES string of the molecule is COCCCc1cn2c(-c3cnn(C)c3)cnc2c(SC)n1.COCCCc1cn2c(Br)cnc2c(SC)n1. The predicted molar refractivity (Wildman–Crippen MR) is 160 cm³/mol. The van der Waals surface area contributed by atoms with E-state index in [0.717, 1.165) is 87.5 Å². The lowest BCUT2D eigenvalue weighted by Gasteiger charge is -2.07. The van der Waals surface area contributed by atoms with E-state index in [1.165, 1.54) is 0 Å². The van der Waals surface area contributed by atoms with Crippen LogP contribution in [0.3, 0.4) is 0 Å². The fourth-order valence-corrected chi connectivity index (χ4v) is 5.52. The van der Waals surface area contributed by atoms with Gasteiger partial charge < -0.3 is 9.47 Å². The van der Waals surface area contributed by atoms with E-state index in [4.69, 9.17) is 14.5 Å². The zero-order chi connectivity index (χ0) is 27.8. The van der Waals surface area contributed by atoms with Crippen LogP contribution in [0.15, 0.2) is 51.8 Å². The van der Waals surface area contributed by atoms with Crippen molar-refractivity contribution in [2.24, 2.45) is 7.05 Å². The van der Waals surface area contributed by atoms with Crippen molar-refractivity contribution in [3.63, 3.8) is 0 Å². The number of rotatable bonds is 11. The number of aromatic nitrogens is 8. The van der Waals surface area contributed by atoms with Gasteiger partial charge in [-0.2, -0.15) is 5.10 Å². The van der Waals surface area contributed by atoms with E-state index in [-0.39, 0.29) is 0 Å². The Bertz CT molecular complexity index is 1520. The maximum atomic E-state index is 5.13.